The summed E-state index contributed by atoms with van der Waals surface area (Å²) in [6.45, 7) is 1.88. The van der Waals surface area contributed by atoms with Crippen LogP contribution in [0.3, 0.4) is 0 Å². The van der Waals surface area contributed by atoms with E-state index in [4.69, 9.17) is 5.02 Å². The Morgan fingerprint density at radius 3 is 2.18 bits per heavy atom. The fourth-order valence-corrected chi connectivity index (χ4v) is 0.487. The Kier molecular flexibility index (Phi) is 4.14. The number of carbonyl (C=O) groups excluding carboxylic acids is 1. The van der Waals surface area contributed by atoms with Gasteiger partial charge in [-0.25, -0.2) is 0 Å². The molecule has 4 nitrogen and oxygen atoms in total. The molecule has 0 fully saturated rings. The van der Waals surface area contributed by atoms with E-state index in [-0.39, 0.29) is 12.5 Å². The van der Waals surface area contributed by atoms with Crippen molar-refractivity contribution in [2.24, 2.45) is 0 Å². The van der Waals surface area contributed by atoms with Crippen molar-refractivity contribution in [3.05, 3.63) is 0 Å². The summed E-state index contributed by atoms with van der Waals surface area (Å²) < 4.78 is 0. The molecule has 0 rings (SSSR count). The van der Waals surface area contributed by atoms with E-state index in [0.717, 1.165) is 0 Å². The number of rotatable bonds is 3. The summed E-state index contributed by atoms with van der Waals surface area (Å²) in [5.74, 6) is -0.00611. The molecular formula is C6H15BN2O2. The zero-order valence-electron chi connectivity index (χ0n) is 7.53. The number of carbonyl (C=O) groups is 1. The number of amides is 1. The van der Waals surface area contributed by atoms with Crippen molar-refractivity contribution in [1.29, 1.82) is 0 Å². The first kappa shape index (κ1) is 10.5. The standard InChI is InChI=1S/C6H15BN2O2/c1-7(11)9(4)5-6(10)8(2)3/h11H,5H2,1-4H3. The first-order valence-corrected chi connectivity index (χ1v) is 3.53. The highest BCUT2D eigenvalue weighted by atomic mass is 16.2. The van der Waals surface area contributed by atoms with Crippen LogP contribution in [0, 0.1) is 0 Å². The van der Waals surface area contributed by atoms with Crippen molar-refractivity contribution < 1.29 is 9.82 Å². The minimum atomic E-state index is -0.570. The van der Waals surface area contributed by atoms with E-state index in [1.807, 2.05) is 0 Å². The van der Waals surface area contributed by atoms with Crippen molar-refractivity contribution in [2.75, 3.05) is 27.7 Å². The van der Waals surface area contributed by atoms with E-state index in [9.17, 15) is 4.79 Å². The van der Waals surface area contributed by atoms with E-state index < -0.39 is 7.05 Å². The van der Waals surface area contributed by atoms with E-state index in [2.05, 4.69) is 0 Å². The van der Waals surface area contributed by atoms with Crippen molar-refractivity contribution in [3.63, 3.8) is 0 Å². The fourth-order valence-electron chi connectivity index (χ4n) is 0.487. The van der Waals surface area contributed by atoms with E-state index in [1.165, 1.54) is 4.90 Å². The fraction of sp³-hybridized carbons (Fsp3) is 0.833. The molecule has 0 aliphatic heterocycles. The lowest BCUT2D eigenvalue weighted by Gasteiger charge is -2.18. The average Bonchev–Trinajstić information content (AvgIpc) is 1.87. The lowest BCUT2D eigenvalue weighted by atomic mass is 9.86. The molecule has 0 saturated carbocycles. The van der Waals surface area contributed by atoms with E-state index in [0.29, 0.717) is 0 Å². The van der Waals surface area contributed by atoms with Crippen molar-refractivity contribution in [2.45, 2.75) is 6.82 Å². The Morgan fingerprint density at radius 2 is 1.91 bits per heavy atom. The Labute approximate surface area is 67.9 Å². The number of hydrogen-bond donors (Lipinski definition) is 1. The normalized spacial score (nSPS) is 10.0. The lowest BCUT2D eigenvalue weighted by Crippen LogP contribution is -2.41. The Morgan fingerprint density at radius 1 is 1.45 bits per heavy atom. The second-order valence-corrected chi connectivity index (χ2v) is 2.84. The van der Waals surface area contributed by atoms with E-state index in [1.54, 1.807) is 32.8 Å². The molecule has 0 aromatic rings. The van der Waals surface area contributed by atoms with Crippen LogP contribution in [0.2, 0.25) is 6.82 Å². The topological polar surface area (TPSA) is 43.8 Å². The van der Waals surface area contributed by atoms with Gasteiger partial charge in [-0.2, -0.15) is 0 Å². The molecule has 0 bridgehead atoms. The zero-order chi connectivity index (χ0) is 9.02. The Balaban J connectivity index is 3.76. The van der Waals surface area contributed by atoms with Crippen LogP contribution in [0.5, 0.6) is 0 Å². The van der Waals surface area contributed by atoms with Gasteiger partial charge in [-0.1, -0.05) is 0 Å². The maximum atomic E-state index is 11.0. The summed E-state index contributed by atoms with van der Waals surface area (Å²) in [6, 6.07) is 0. The number of nitrogens with zero attached hydrogens (tertiary/aromatic N) is 2. The predicted octanol–water partition coefficient (Wildman–Crippen LogP) is -0.883. The van der Waals surface area contributed by atoms with Crippen LogP contribution in [-0.4, -0.2) is 55.4 Å². The molecule has 11 heavy (non-hydrogen) atoms. The van der Waals surface area contributed by atoms with Gasteiger partial charge in [0.25, 0.3) is 0 Å². The third kappa shape index (κ3) is 4.00. The minimum absolute atomic E-state index is 0.00611. The number of likely N-dealkylation sites (N-methyl/N-ethyl adjacent to an activating group) is 2. The first-order valence-electron chi connectivity index (χ1n) is 3.53. The van der Waals surface area contributed by atoms with Gasteiger partial charge >= 0.3 is 7.05 Å². The maximum Gasteiger partial charge on any atom is 0.376 e. The summed E-state index contributed by atoms with van der Waals surface area (Å²) in [5.41, 5.74) is 0. The Hall–Kier alpha value is -0.545. The molecule has 1 N–H and O–H groups in total. The summed E-state index contributed by atoms with van der Waals surface area (Å²) in [6.07, 6.45) is 0. The zero-order valence-corrected chi connectivity index (χ0v) is 7.53. The molecule has 0 unspecified atom stereocenters. The van der Waals surface area contributed by atoms with Gasteiger partial charge in [-0.15, -0.1) is 0 Å². The molecule has 0 aliphatic rings. The molecule has 0 aliphatic carbocycles. The van der Waals surface area contributed by atoms with Crippen LogP contribution in [0.15, 0.2) is 0 Å². The molecule has 0 heterocycles. The highest BCUT2D eigenvalue weighted by molar-refractivity contribution is 6.45. The van der Waals surface area contributed by atoms with Crippen LogP contribution in [0.1, 0.15) is 0 Å². The molecule has 64 valence electrons. The van der Waals surface area contributed by atoms with Gasteiger partial charge in [0.05, 0.1) is 6.54 Å². The van der Waals surface area contributed by atoms with Crippen LogP contribution in [0.4, 0.5) is 0 Å². The van der Waals surface area contributed by atoms with Crippen LogP contribution in [0.25, 0.3) is 0 Å². The SMILES string of the molecule is CB(O)N(C)CC(=O)N(C)C. The molecule has 0 aromatic heterocycles. The Bertz CT molecular complexity index is 139. The largest absolute Gasteiger partial charge is 0.437 e. The van der Waals surface area contributed by atoms with Gasteiger partial charge in [0.2, 0.25) is 5.91 Å². The molecule has 0 aromatic carbocycles. The van der Waals surface area contributed by atoms with Gasteiger partial charge < -0.3 is 14.7 Å². The summed E-state index contributed by atoms with van der Waals surface area (Å²) >= 11 is 0. The molecule has 5 heteroatoms. The second-order valence-electron chi connectivity index (χ2n) is 2.84. The van der Waals surface area contributed by atoms with Gasteiger partial charge in [-0.3, -0.25) is 4.79 Å². The average molecular weight is 158 g/mol. The van der Waals surface area contributed by atoms with Crippen LogP contribution >= 0.6 is 0 Å². The van der Waals surface area contributed by atoms with Crippen LogP contribution < -0.4 is 0 Å². The molecule has 1 amide bonds. The van der Waals surface area contributed by atoms with Gasteiger partial charge in [-0.05, 0) is 13.9 Å². The van der Waals surface area contributed by atoms with Crippen molar-refractivity contribution >= 4 is 13.0 Å². The van der Waals surface area contributed by atoms with Gasteiger partial charge in [0.1, 0.15) is 0 Å². The second kappa shape index (κ2) is 4.36. The van der Waals surface area contributed by atoms with Gasteiger partial charge in [0.15, 0.2) is 0 Å². The van der Waals surface area contributed by atoms with Gasteiger partial charge in [0, 0.05) is 14.1 Å². The van der Waals surface area contributed by atoms with E-state index >= 15 is 0 Å². The highest BCUT2D eigenvalue weighted by Gasteiger charge is 2.14. The van der Waals surface area contributed by atoms with Crippen molar-refractivity contribution in [1.82, 2.24) is 9.71 Å². The molecular weight excluding hydrogens is 143 g/mol. The summed E-state index contributed by atoms with van der Waals surface area (Å²) in [4.78, 5) is 14.1. The molecule has 0 radical (unpaired) electrons. The molecule has 0 spiro atoms. The monoisotopic (exact) mass is 158 g/mol. The first-order chi connectivity index (χ1) is 4.95. The van der Waals surface area contributed by atoms with Crippen LogP contribution in [-0.2, 0) is 4.79 Å². The smallest absolute Gasteiger partial charge is 0.376 e. The third-order valence-corrected chi connectivity index (χ3v) is 1.52. The van der Waals surface area contributed by atoms with Crippen molar-refractivity contribution in [3.8, 4) is 0 Å². The maximum absolute atomic E-state index is 11.0. The summed E-state index contributed by atoms with van der Waals surface area (Å²) in [5, 5.41) is 9.01. The quantitative estimate of drug-likeness (QED) is 0.542. The highest BCUT2D eigenvalue weighted by Crippen LogP contribution is 1.88. The predicted molar refractivity (Wildman–Crippen MR) is 45.2 cm³/mol. The molecule has 0 atom stereocenters. The minimum Gasteiger partial charge on any atom is -0.437 e. The summed E-state index contributed by atoms with van der Waals surface area (Å²) in [7, 11) is 4.52. The third-order valence-electron chi connectivity index (χ3n) is 1.52. The number of hydrogen-bond acceptors (Lipinski definition) is 3. The molecule has 0 saturated heterocycles. The lowest BCUT2D eigenvalue weighted by molar-refractivity contribution is -0.128.